The third-order valence-electron chi connectivity index (χ3n) is 7.20. The van der Waals surface area contributed by atoms with Crippen LogP contribution in [0.2, 0.25) is 0 Å². The maximum absolute atomic E-state index is 13.8. The molecule has 1 aromatic heterocycles. The highest BCUT2D eigenvalue weighted by atomic mass is 32.2. The van der Waals surface area contributed by atoms with Crippen molar-refractivity contribution in [3.8, 4) is 0 Å². The van der Waals surface area contributed by atoms with Crippen molar-refractivity contribution in [2.24, 2.45) is 0 Å². The van der Waals surface area contributed by atoms with Crippen LogP contribution in [0.3, 0.4) is 0 Å². The van der Waals surface area contributed by atoms with E-state index in [0.717, 1.165) is 34.9 Å². The summed E-state index contributed by atoms with van der Waals surface area (Å²) >= 11 is 1.62. The van der Waals surface area contributed by atoms with E-state index < -0.39 is 16.8 Å². The van der Waals surface area contributed by atoms with Crippen LogP contribution in [-0.4, -0.2) is 50.5 Å². The van der Waals surface area contributed by atoms with Crippen LogP contribution in [0.1, 0.15) is 53.5 Å². The number of aromatic nitrogens is 1. The van der Waals surface area contributed by atoms with Crippen LogP contribution < -0.4 is 10.6 Å². The maximum atomic E-state index is 13.8. The molecule has 2 aliphatic heterocycles. The molecule has 3 amide bonds. The standard InChI is InChI=1S/C27H28N4O3S/c1-27(2)22(31-25(34)18-8-3-4-9-19(18)26(31)35-27)24(33)30-21(23(32)29-16-11-12-16)13-15-14-28-20-10-6-5-7-17(15)20/h3-10,14,16,21-22,26,28H,11-13H2,1-2H3,(H,29,32)(H,30,33)/t21-,22+,26-/m0/s1. The Bertz CT molecular complexity index is 1340. The van der Waals surface area contributed by atoms with Gasteiger partial charge < -0.3 is 20.5 Å². The molecular weight excluding hydrogens is 460 g/mol. The molecule has 35 heavy (non-hydrogen) atoms. The van der Waals surface area contributed by atoms with Gasteiger partial charge in [0.05, 0.1) is 0 Å². The van der Waals surface area contributed by atoms with Crippen molar-refractivity contribution < 1.29 is 14.4 Å². The van der Waals surface area contributed by atoms with Gasteiger partial charge in [-0.3, -0.25) is 14.4 Å². The Morgan fingerprint density at radius 2 is 1.89 bits per heavy atom. The van der Waals surface area contributed by atoms with E-state index in [-0.39, 0.29) is 29.1 Å². The minimum atomic E-state index is -0.734. The Labute approximate surface area is 208 Å². The molecule has 3 N–H and O–H groups in total. The quantitative estimate of drug-likeness (QED) is 0.495. The summed E-state index contributed by atoms with van der Waals surface area (Å²) in [6.45, 7) is 3.99. The van der Waals surface area contributed by atoms with Crippen molar-refractivity contribution in [3.05, 3.63) is 71.4 Å². The number of aromatic amines is 1. The molecule has 0 unspecified atom stereocenters. The molecule has 3 aliphatic rings. The summed E-state index contributed by atoms with van der Waals surface area (Å²) in [4.78, 5) is 45.3. The topological polar surface area (TPSA) is 94.3 Å². The van der Waals surface area contributed by atoms with Gasteiger partial charge in [0.2, 0.25) is 11.8 Å². The summed E-state index contributed by atoms with van der Waals surface area (Å²) in [5.41, 5.74) is 3.57. The monoisotopic (exact) mass is 488 g/mol. The number of carbonyl (C=O) groups is 3. The zero-order valence-corrected chi connectivity index (χ0v) is 20.5. The Hall–Kier alpha value is -3.26. The van der Waals surface area contributed by atoms with Crippen LogP contribution in [0.25, 0.3) is 10.9 Å². The van der Waals surface area contributed by atoms with Gasteiger partial charge in [-0.15, -0.1) is 11.8 Å². The number of amides is 3. The lowest BCUT2D eigenvalue weighted by molar-refractivity contribution is -0.131. The van der Waals surface area contributed by atoms with E-state index in [4.69, 9.17) is 0 Å². The fraction of sp³-hybridized carbons (Fsp3) is 0.370. The summed E-state index contributed by atoms with van der Waals surface area (Å²) in [5.74, 6) is -0.594. The number of nitrogens with one attached hydrogen (secondary N) is 3. The molecule has 0 bridgehead atoms. The first-order valence-electron chi connectivity index (χ1n) is 12.1. The zero-order chi connectivity index (χ0) is 24.3. The Morgan fingerprint density at radius 3 is 2.69 bits per heavy atom. The van der Waals surface area contributed by atoms with Gasteiger partial charge in [-0.1, -0.05) is 36.4 Å². The second-order valence-electron chi connectivity index (χ2n) is 10.2. The predicted molar refractivity (Wildman–Crippen MR) is 136 cm³/mol. The Balaban J connectivity index is 1.28. The molecule has 1 saturated heterocycles. The molecule has 180 valence electrons. The van der Waals surface area contributed by atoms with Crippen LogP contribution in [0.5, 0.6) is 0 Å². The molecule has 2 aromatic carbocycles. The lowest BCUT2D eigenvalue weighted by Crippen LogP contribution is -2.57. The average molecular weight is 489 g/mol. The third kappa shape index (κ3) is 3.80. The van der Waals surface area contributed by atoms with E-state index >= 15 is 0 Å². The van der Waals surface area contributed by atoms with Crippen LogP contribution in [0.4, 0.5) is 0 Å². The fourth-order valence-electron chi connectivity index (χ4n) is 5.31. The first-order valence-corrected chi connectivity index (χ1v) is 13.0. The van der Waals surface area contributed by atoms with Gasteiger partial charge in [0, 0.05) is 39.9 Å². The van der Waals surface area contributed by atoms with Gasteiger partial charge in [-0.25, -0.2) is 0 Å². The highest BCUT2D eigenvalue weighted by molar-refractivity contribution is 8.01. The number of nitrogens with zero attached hydrogens (tertiary/aromatic N) is 1. The summed E-state index contributed by atoms with van der Waals surface area (Å²) in [5, 5.41) is 6.93. The third-order valence-corrected chi connectivity index (χ3v) is 8.74. The first-order chi connectivity index (χ1) is 16.8. The molecule has 3 atom stereocenters. The van der Waals surface area contributed by atoms with Gasteiger partial charge >= 0.3 is 0 Å². The van der Waals surface area contributed by atoms with Gasteiger partial charge in [-0.05, 0) is 49.9 Å². The molecule has 1 aliphatic carbocycles. The predicted octanol–water partition coefficient (Wildman–Crippen LogP) is 3.52. The summed E-state index contributed by atoms with van der Waals surface area (Å²) in [6, 6.07) is 14.3. The van der Waals surface area contributed by atoms with E-state index in [1.807, 2.05) is 68.6 Å². The zero-order valence-electron chi connectivity index (χ0n) is 19.7. The molecule has 6 rings (SSSR count). The molecular formula is C27H28N4O3S. The highest BCUT2D eigenvalue weighted by Gasteiger charge is 2.57. The van der Waals surface area contributed by atoms with Crippen molar-refractivity contribution >= 4 is 40.4 Å². The van der Waals surface area contributed by atoms with Crippen LogP contribution >= 0.6 is 11.8 Å². The number of thioether (sulfide) groups is 1. The van der Waals surface area contributed by atoms with Crippen LogP contribution in [0.15, 0.2) is 54.7 Å². The number of fused-ring (bicyclic) bond motifs is 4. The summed E-state index contributed by atoms with van der Waals surface area (Å²) in [6.07, 6.45) is 4.20. The number of para-hydroxylation sites is 1. The normalized spacial score (nSPS) is 23.1. The Morgan fingerprint density at radius 1 is 1.14 bits per heavy atom. The van der Waals surface area contributed by atoms with Crippen molar-refractivity contribution in [2.45, 2.75) is 61.4 Å². The molecule has 2 fully saturated rings. The lowest BCUT2D eigenvalue weighted by Gasteiger charge is -2.31. The molecule has 1 saturated carbocycles. The van der Waals surface area contributed by atoms with Crippen molar-refractivity contribution in [1.82, 2.24) is 20.5 Å². The second-order valence-corrected chi connectivity index (χ2v) is 11.9. The Kier molecular flexibility index (Phi) is 5.18. The molecule has 7 nitrogen and oxygen atoms in total. The van der Waals surface area contributed by atoms with Crippen LogP contribution in [0, 0.1) is 0 Å². The second kappa shape index (κ2) is 8.16. The van der Waals surface area contributed by atoms with E-state index in [2.05, 4.69) is 15.6 Å². The maximum Gasteiger partial charge on any atom is 0.256 e. The molecule has 0 spiro atoms. The number of carbonyl (C=O) groups excluding carboxylic acids is 3. The van der Waals surface area contributed by atoms with E-state index in [1.54, 1.807) is 16.7 Å². The number of H-pyrrole nitrogens is 1. The smallest absolute Gasteiger partial charge is 0.256 e. The van der Waals surface area contributed by atoms with E-state index in [0.29, 0.717) is 12.0 Å². The number of hydrogen-bond acceptors (Lipinski definition) is 4. The van der Waals surface area contributed by atoms with E-state index in [9.17, 15) is 14.4 Å². The number of rotatable bonds is 6. The van der Waals surface area contributed by atoms with Gasteiger partial charge in [0.25, 0.3) is 5.91 Å². The fourth-order valence-corrected chi connectivity index (χ4v) is 6.90. The van der Waals surface area contributed by atoms with Gasteiger partial charge in [-0.2, -0.15) is 0 Å². The average Bonchev–Trinajstić information content (AvgIpc) is 3.41. The molecule has 8 heteroatoms. The number of hydrogen-bond donors (Lipinski definition) is 3. The van der Waals surface area contributed by atoms with Gasteiger partial charge in [0.1, 0.15) is 17.5 Å². The minimum absolute atomic E-state index is 0.126. The van der Waals surface area contributed by atoms with Crippen molar-refractivity contribution in [1.29, 1.82) is 0 Å². The summed E-state index contributed by atoms with van der Waals surface area (Å²) in [7, 11) is 0. The van der Waals surface area contributed by atoms with Crippen molar-refractivity contribution in [3.63, 3.8) is 0 Å². The first kappa shape index (κ1) is 22.2. The van der Waals surface area contributed by atoms with Crippen LogP contribution in [-0.2, 0) is 16.0 Å². The highest BCUT2D eigenvalue weighted by Crippen LogP contribution is 2.56. The number of benzene rings is 2. The largest absolute Gasteiger partial charge is 0.361 e. The van der Waals surface area contributed by atoms with Crippen molar-refractivity contribution in [2.75, 3.05) is 0 Å². The lowest BCUT2D eigenvalue weighted by atomic mass is 9.99. The molecule has 0 radical (unpaired) electrons. The molecule has 3 aromatic rings. The van der Waals surface area contributed by atoms with E-state index in [1.165, 1.54) is 0 Å². The SMILES string of the molecule is CC1(C)S[C@H]2c3ccccc3C(=O)N2[C@@H]1C(=O)N[C@@H](Cc1c[nH]c2ccccc12)C(=O)NC1CC1. The summed E-state index contributed by atoms with van der Waals surface area (Å²) < 4.78 is -0.504. The van der Waals surface area contributed by atoms with Gasteiger partial charge in [0.15, 0.2) is 0 Å². The minimum Gasteiger partial charge on any atom is -0.361 e. The molecule has 3 heterocycles.